The number of anilines is 2. The van der Waals surface area contributed by atoms with E-state index in [0.29, 0.717) is 22.1 Å². The Morgan fingerprint density at radius 1 is 0.892 bits per heavy atom. The van der Waals surface area contributed by atoms with Gasteiger partial charge in [0.05, 0.1) is 17.0 Å². The highest BCUT2D eigenvalue weighted by molar-refractivity contribution is 8.00. The molecule has 5 rings (SSSR count). The van der Waals surface area contributed by atoms with Gasteiger partial charge in [-0.1, -0.05) is 60.7 Å². The highest BCUT2D eigenvalue weighted by Crippen LogP contribution is 2.36. The van der Waals surface area contributed by atoms with E-state index in [1.165, 1.54) is 28.1 Å². The number of rotatable bonds is 7. The number of nitrogens with zero attached hydrogens (tertiary/aromatic N) is 2. The zero-order valence-corrected chi connectivity index (χ0v) is 21.2. The smallest absolute Gasteiger partial charge is 0.265 e. The third-order valence-corrected chi connectivity index (χ3v) is 7.59. The lowest BCUT2D eigenvalue weighted by molar-refractivity contribution is -0.119. The fraction of sp³-hybridized carbons (Fsp3) is 0.0714. The SMILES string of the molecule is O=C(Nc1cccc(SC(C(=O)NC2=NN(c3ccccc3)C(=O)C2)c2ccccc2)c1)c1cccs1. The van der Waals surface area contributed by atoms with E-state index in [4.69, 9.17) is 0 Å². The molecule has 1 atom stereocenters. The quantitative estimate of drug-likeness (QED) is 0.302. The second-order valence-corrected chi connectivity index (χ2v) is 10.2. The molecule has 184 valence electrons. The van der Waals surface area contributed by atoms with Crippen LogP contribution in [0.2, 0.25) is 0 Å². The molecule has 9 heteroatoms. The molecule has 1 aliphatic rings. The van der Waals surface area contributed by atoms with Crippen molar-refractivity contribution in [3.05, 3.63) is 113 Å². The Bertz CT molecular complexity index is 1440. The molecule has 4 aromatic rings. The number of thioether (sulfide) groups is 1. The monoisotopic (exact) mass is 526 g/mol. The van der Waals surface area contributed by atoms with E-state index in [1.54, 1.807) is 18.2 Å². The summed E-state index contributed by atoms with van der Waals surface area (Å²) in [6.07, 6.45) is 0.0110. The predicted molar refractivity (Wildman–Crippen MR) is 148 cm³/mol. The summed E-state index contributed by atoms with van der Waals surface area (Å²) in [6.45, 7) is 0. The van der Waals surface area contributed by atoms with Gasteiger partial charge in [-0.25, -0.2) is 0 Å². The van der Waals surface area contributed by atoms with Gasteiger partial charge >= 0.3 is 0 Å². The van der Waals surface area contributed by atoms with E-state index in [-0.39, 0.29) is 24.1 Å². The minimum absolute atomic E-state index is 0.0110. The number of amides is 3. The van der Waals surface area contributed by atoms with Crippen molar-refractivity contribution in [1.82, 2.24) is 5.32 Å². The summed E-state index contributed by atoms with van der Waals surface area (Å²) in [5.74, 6) is -0.371. The van der Waals surface area contributed by atoms with Gasteiger partial charge in [0.25, 0.3) is 11.8 Å². The summed E-state index contributed by atoms with van der Waals surface area (Å²) in [7, 11) is 0. The molecule has 1 aromatic heterocycles. The van der Waals surface area contributed by atoms with Crippen molar-refractivity contribution >= 4 is 58.0 Å². The lowest BCUT2D eigenvalue weighted by atomic mass is 10.1. The summed E-state index contributed by atoms with van der Waals surface area (Å²) in [4.78, 5) is 39.9. The van der Waals surface area contributed by atoms with Crippen molar-refractivity contribution in [3.8, 4) is 0 Å². The molecule has 0 spiro atoms. The van der Waals surface area contributed by atoms with E-state index < -0.39 is 5.25 Å². The van der Waals surface area contributed by atoms with Gasteiger partial charge in [0.15, 0.2) is 0 Å². The normalized spacial score (nSPS) is 13.7. The molecule has 0 bridgehead atoms. The van der Waals surface area contributed by atoms with Gasteiger partial charge in [-0.15, -0.1) is 23.1 Å². The van der Waals surface area contributed by atoms with Crippen molar-refractivity contribution in [2.45, 2.75) is 16.6 Å². The van der Waals surface area contributed by atoms with Crippen LogP contribution in [0.15, 0.2) is 112 Å². The van der Waals surface area contributed by atoms with Gasteiger partial charge in [0.2, 0.25) is 5.91 Å². The maximum Gasteiger partial charge on any atom is 0.265 e. The first kappa shape index (κ1) is 24.5. The van der Waals surface area contributed by atoms with Crippen LogP contribution in [0.5, 0.6) is 0 Å². The molecule has 1 unspecified atom stereocenters. The summed E-state index contributed by atoms with van der Waals surface area (Å²) in [6, 6.07) is 29.5. The van der Waals surface area contributed by atoms with Crippen LogP contribution >= 0.6 is 23.1 Å². The minimum atomic E-state index is -0.604. The summed E-state index contributed by atoms with van der Waals surface area (Å²) >= 11 is 2.73. The number of hydrogen-bond donors (Lipinski definition) is 2. The van der Waals surface area contributed by atoms with Crippen molar-refractivity contribution in [2.75, 3.05) is 10.3 Å². The van der Waals surface area contributed by atoms with Crippen molar-refractivity contribution < 1.29 is 14.4 Å². The molecule has 2 heterocycles. The molecule has 2 N–H and O–H groups in total. The van der Waals surface area contributed by atoms with Crippen LogP contribution < -0.4 is 15.6 Å². The first-order chi connectivity index (χ1) is 18.1. The number of carbonyl (C=O) groups excluding carboxylic acids is 3. The standard InChI is InChI=1S/C28H22N4O3S2/c33-25-18-24(31-32(25)21-12-5-2-6-13-21)30-28(35)26(19-9-3-1-4-10-19)37-22-14-7-11-20(17-22)29-27(34)23-15-8-16-36-23/h1-17,26H,18H2,(H,29,34)(H,30,31,35). The molecule has 0 saturated heterocycles. The molecule has 1 aliphatic heterocycles. The van der Waals surface area contributed by atoms with Crippen molar-refractivity contribution in [2.24, 2.45) is 5.10 Å². The lowest BCUT2D eigenvalue weighted by Crippen LogP contribution is -2.33. The topological polar surface area (TPSA) is 90.9 Å². The van der Waals surface area contributed by atoms with Gasteiger partial charge in [-0.05, 0) is 47.3 Å². The number of hydrogen-bond acceptors (Lipinski definition) is 6. The average Bonchev–Trinajstić information content (AvgIpc) is 3.59. The van der Waals surface area contributed by atoms with Gasteiger partial charge in [-0.2, -0.15) is 10.1 Å². The predicted octanol–water partition coefficient (Wildman–Crippen LogP) is 5.70. The third kappa shape index (κ3) is 5.96. The fourth-order valence-corrected chi connectivity index (χ4v) is 5.46. The van der Waals surface area contributed by atoms with Gasteiger partial charge in [0.1, 0.15) is 11.1 Å². The van der Waals surface area contributed by atoms with E-state index in [2.05, 4.69) is 15.7 Å². The van der Waals surface area contributed by atoms with Crippen LogP contribution in [0, 0.1) is 0 Å². The second-order valence-electron chi connectivity index (χ2n) is 8.12. The summed E-state index contributed by atoms with van der Waals surface area (Å²) in [5.41, 5.74) is 2.09. The zero-order valence-electron chi connectivity index (χ0n) is 19.5. The summed E-state index contributed by atoms with van der Waals surface area (Å²) < 4.78 is 0. The van der Waals surface area contributed by atoms with Gasteiger partial charge in [-0.3, -0.25) is 14.4 Å². The Kier molecular flexibility index (Phi) is 7.43. The highest BCUT2D eigenvalue weighted by atomic mass is 32.2. The van der Waals surface area contributed by atoms with E-state index in [9.17, 15) is 14.4 Å². The van der Waals surface area contributed by atoms with Crippen LogP contribution in [0.4, 0.5) is 11.4 Å². The van der Waals surface area contributed by atoms with Crippen LogP contribution in [0.1, 0.15) is 26.9 Å². The number of benzene rings is 3. The number of para-hydroxylation sites is 1. The maximum absolute atomic E-state index is 13.5. The Morgan fingerprint density at radius 2 is 1.65 bits per heavy atom. The largest absolute Gasteiger partial charge is 0.321 e. The third-order valence-electron chi connectivity index (χ3n) is 5.48. The Balaban J connectivity index is 1.34. The van der Waals surface area contributed by atoms with Crippen molar-refractivity contribution in [3.63, 3.8) is 0 Å². The Labute approximate surface area is 222 Å². The van der Waals surface area contributed by atoms with E-state index in [0.717, 1.165) is 10.5 Å². The molecule has 0 saturated carbocycles. The maximum atomic E-state index is 13.5. The number of nitrogens with one attached hydrogen (secondary N) is 2. The van der Waals surface area contributed by atoms with Crippen LogP contribution in [0.25, 0.3) is 0 Å². The first-order valence-electron chi connectivity index (χ1n) is 11.5. The van der Waals surface area contributed by atoms with Crippen LogP contribution in [0.3, 0.4) is 0 Å². The molecule has 7 nitrogen and oxygen atoms in total. The minimum Gasteiger partial charge on any atom is -0.321 e. The number of thiophene rings is 1. The molecular formula is C28H22N4O3S2. The molecule has 0 radical (unpaired) electrons. The van der Waals surface area contributed by atoms with Gasteiger partial charge < -0.3 is 10.6 Å². The highest BCUT2D eigenvalue weighted by Gasteiger charge is 2.29. The van der Waals surface area contributed by atoms with Gasteiger partial charge in [0, 0.05) is 10.6 Å². The Hall–Kier alpha value is -4.21. The van der Waals surface area contributed by atoms with E-state index >= 15 is 0 Å². The van der Waals surface area contributed by atoms with Crippen LogP contribution in [-0.2, 0) is 9.59 Å². The lowest BCUT2D eigenvalue weighted by Gasteiger charge is -2.17. The van der Waals surface area contributed by atoms with E-state index in [1.807, 2.05) is 84.2 Å². The zero-order chi connectivity index (χ0) is 25.6. The molecular weight excluding hydrogens is 504 g/mol. The van der Waals surface area contributed by atoms with Crippen LogP contribution in [-0.4, -0.2) is 23.6 Å². The molecule has 0 aliphatic carbocycles. The van der Waals surface area contributed by atoms with Crippen molar-refractivity contribution in [1.29, 1.82) is 0 Å². The first-order valence-corrected chi connectivity index (χ1v) is 13.3. The Morgan fingerprint density at radius 3 is 2.38 bits per heavy atom. The number of amidine groups is 1. The molecule has 0 fully saturated rings. The number of hydrazone groups is 1. The second kappa shape index (κ2) is 11.2. The fourth-order valence-electron chi connectivity index (χ4n) is 3.76. The average molecular weight is 527 g/mol. The molecule has 37 heavy (non-hydrogen) atoms. The number of carbonyl (C=O) groups is 3. The molecule has 3 aromatic carbocycles. The molecule has 3 amide bonds. The summed E-state index contributed by atoms with van der Waals surface area (Å²) in [5, 5.41) is 12.7.